The van der Waals surface area contributed by atoms with Crippen LogP contribution in [0.5, 0.6) is 0 Å². The first-order chi connectivity index (χ1) is 14.0. The zero-order valence-corrected chi connectivity index (χ0v) is 17.5. The highest BCUT2D eigenvalue weighted by Gasteiger charge is 2.21. The van der Waals surface area contributed by atoms with Gasteiger partial charge >= 0.3 is 0 Å². The van der Waals surface area contributed by atoms with Crippen molar-refractivity contribution in [2.45, 2.75) is 23.9 Å². The molecular formula is C23H23FN4S. The zero-order valence-electron chi connectivity index (χ0n) is 16.7. The molecule has 3 aromatic carbocycles. The van der Waals surface area contributed by atoms with E-state index in [1.807, 2.05) is 18.7 Å². The molecule has 0 spiro atoms. The van der Waals surface area contributed by atoms with Gasteiger partial charge in [0.1, 0.15) is 5.82 Å². The molecule has 4 aromatic rings. The minimum atomic E-state index is -0.256. The number of benzene rings is 3. The molecule has 0 aliphatic carbocycles. The van der Waals surface area contributed by atoms with E-state index in [9.17, 15) is 4.39 Å². The van der Waals surface area contributed by atoms with Crippen LogP contribution in [0.3, 0.4) is 0 Å². The van der Waals surface area contributed by atoms with Crippen molar-refractivity contribution >= 4 is 22.5 Å². The lowest BCUT2D eigenvalue weighted by atomic mass is 10.1. The molecule has 1 aromatic heterocycles. The lowest BCUT2D eigenvalue weighted by Gasteiger charge is -2.20. The van der Waals surface area contributed by atoms with Crippen LogP contribution in [0.2, 0.25) is 0 Å². The summed E-state index contributed by atoms with van der Waals surface area (Å²) in [5.74, 6) is 1.35. The summed E-state index contributed by atoms with van der Waals surface area (Å²) in [7, 11) is 4.02. The average Bonchev–Trinajstić information content (AvgIpc) is 3.16. The van der Waals surface area contributed by atoms with Crippen molar-refractivity contribution in [2.24, 2.45) is 0 Å². The maximum atomic E-state index is 13.5. The Morgan fingerprint density at radius 1 is 0.966 bits per heavy atom. The van der Waals surface area contributed by atoms with Crippen LogP contribution in [-0.4, -0.2) is 33.8 Å². The summed E-state index contributed by atoms with van der Waals surface area (Å²) in [6.07, 6.45) is 0. The highest BCUT2D eigenvalue weighted by molar-refractivity contribution is 7.98. The third kappa shape index (κ3) is 4.04. The van der Waals surface area contributed by atoms with Gasteiger partial charge in [-0.25, -0.2) is 4.39 Å². The van der Waals surface area contributed by atoms with E-state index in [-0.39, 0.29) is 11.9 Å². The second-order valence-electron chi connectivity index (χ2n) is 7.22. The van der Waals surface area contributed by atoms with Gasteiger partial charge in [-0.15, -0.1) is 10.2 Å². The monoisotopic (exact) mass is 406 g/mol. The van der Waals surface area contributed by atoms with E-state index >= 15 is 0 Å². The summed E-state index contributed by atoms with van der Waals surface area (Å²) < 4.78 is 15.5. The highest BCUT2D eigenvalue weighted by atomic mass is 32.2. The van der Waals surface area contributed by atoms with Gasteiger partial charge in [0.25, 0.3) is 0 Å². The summed E-state index contributed by atoms with van der Waals surface area (Å²) in [4.78, 5) is 2.09. The number of hydrogen-bond donors (Lipinski definition) is 0. The van der Waals surface area contributed by atoms with Crippen molar-refractivity contribution in [1.82, 2.24) is 19.7 Å². The van der Waals surface area contributed by atoms with E-state index in [0.717, 1.165) is 22.4 Å². The fourth-order valence-corrected chi connectivity index (χ4v) is 4.23. The SMILES string of the molecule is C[C@@H](c1nnc(SCc2cccc3ccccc23)n1-c1ccc(F)cc1)N(C)C. The minimum absolute atomic E-state index is 0.0689. The molecule has 0 saturated heterocycles. The number of fused-ring (bicyclic) bond motifs is 1. The number of nitrogens with zero attached hydrogens (tertiary/aromatic N) is 4. The molecule has 0 saturated carbocycles. The van der Waals surface area contributed by atoms with Gasteiger partial charge in [0.2, 0.25) is 0 Å². The molecule has 6 heteroatoms. The van der Waals surface area contributed by atoms with Crippen molar-refractivity contribution in [3.05, 3.63) is 83.9 Å². The van der Waals surface area contributed by atoms with Crippen molar-refractivity contribution < 1.29 is 4.39 Å². The molecule has 1 atom stereocenters. The zero-order chi connectivity index (χ0) is 20.4. The molecule has 0 aliphatic rings. The Labute approximate surface area is 174 Å². The van der Waals surface area contributed by atoms with E-state index in [4.69, 9.17) is 0 Å². The highest BCUT2D eigenvalue weighted by Crippen LogP contribution is 2.30. The standard InChI is InChI=1S/C23H23FN4S/c1-16(27(2)3)22-25-26-23(28(22)20-13-11-19(24)12-14-20)29-15-18-9-6-8-17-7-4-5-10-21(17)18/h4-14,16H,15H2,1-3H3/t16-/m0/s1. The van der Waals surface area contributed by atoms with Crippen LogP contribution in [0.4, 0.5) is 4.39 Å². The molecule has 0 radical (unpaired) electrons. The molecule has 29 heavy (non-hydrogen) atoms. The van der Waals surface area contributed by atoms with Crippen LogP contribution in [0.15, 0.2) is 71.9 Å². The second-order valence-corrected chi connectivity index (χ2v) is 8.16. The number of halogens is 1. The Morgan fingerprint density at radius 2 is 1.69 bits per heavy atom. The first-order valence-corrected chi connectivity index (χ1v) is 10.5. The lowest BCUT2D eigenvalue weighted by Crippen LogP contribution is -2.20. The molecule has 148 valence electrons. The molecule has 4 nitrogen and oxygen atoms in total. The molecule has 4 rings (SSSR count). The summed E-state index contributed by atoms with van der Waals surface area (Å²) in [5.41, 5.74) is 2.12. The maximum absolute atomic E-state index is 13.5. The molecule has 0 aliphatic heterocycles. The molecule has 1 heterocycles. The Hall–Kier alpha value is -2.70. The third-order valence-corrected chi connectivity index (χ3v) is 6.11. The Kier molecular flexibility index (Phi) is 5.65. The Bertz CT molecular complexity index is 1120. The van der Waals surface area contributed by atoms with Crippen LogP contribution in [0.25, 0.3) is 16.5 Å². The number of aromatic nitrogens is 3. The quantitative estimate of drug-likeness (QED) is 0.397. The minimum Gasteiger partial charge on any atom is -0.300 e. The van der Waals surface area contributed by atoms with Crippen LogP contribution < -0.4 is 0 Å². The molecule has 0 N–H and O–H groups in total. The van der Waals surface area contributed by atoms with Gasteiger partial charge in [-0.1, -0.05) is 54.2 Å². The summed E-state index contributed by atoms with van der Waals surface area (Å²) in [6, 6.07) is 21.3. The van der Waals surface area contributed by atoms with E-state index in [0.29, 0.717) is 0 Å². The molecular weight excluding hydrogens is 383 g/mol. The first kappa shape index (κ1) is 19.6. The van der Waals surface area contributed by atoms with Crippen molar-refractivity contribution in [3.63, 3.8) is 0 Å². The van der Waals surface area contributed by atoms with E-state index in [2.05, 4.69) is 64.5 Å². The first-order valence-electron chi connectivity index (χ1n) is 9.51. The van der Waals surface area contributed by atoms with Crippen LogP contribution in [0.1, 0.15) is 24.4 Å². The van der Waals surface area contributed by atoms with Gasteiger partial charge in [0, 0.05) is 11.4 Å². The fraction of sp³-hybridized carbons (Fsp3) is 0.217. The molecule has 0 amide bonds. The second kappa shape index (κ2) is 8.35. The molecule has 0 unspecified atom stereocenters. The van der Waals surface area contributed by atoms with Gasteiger partial charge in [-0.05, 0) is 61.6 Å². The van der Waals surface area contributed by atoms with Crippen LogP contribution in [-0.2, 0) is 5.75 Å². The topological polar surface area (TPSA) is 34.0 Å². The van der Waals surface area contributed by atoms with Crippen molar-refractivity contribution in [3.8, 4) is 5.69 Å². The van der Waals surface area contributed by atoms with Gasteiger partial charge < -0.3 is 0 Å². The third-order valence-electron chi connectivity index (χ3n) is 5.13. The van der Waals surface area contributed by atoms with Crippen molar-refractivity contribution in [2.75, 3.05) is 14.1 Å². The molecule has 0 bridgehead atoms. The van der Waals surface area contributed by atoms with Gasteiger partial charge in [0.05, 0.1) is 6.04 Å². The number of thioether (sulfide) groups is 1. The predicted molar refractivity (Wildman–Crippen MR) is 117 cm³/mol. The van der Waals surface area contributed by atoms with E-state index < -0.39 is 0 Å². The van der Waals surface area contributed by atoms with E-state index in [1.54, 1.807) is 23.9 Å². The van der Waals surface area contributed by atoms with Crippen molar-refractivity contribution in [1.29, 1.82) is 0 Å². The maximum Gasteiger partial charge on any atom is 0.196 e. The summed E-state index contributed by atoms with van der Waals surface area (Å²) in [5, 5.41) is 12.2. The smallest absolute Gasteiger partial charge is 0.196 e. The number of hydrogen-bond acceptors (Lipinski definition) is 4. The average molecular weight is 407 g/mol. The largest absolute Gasteiger partial charge is 0.300 e. The molecule has 0 fully saturated rings. The normalized spacial score (nSPS) is 12.6. The number of rotatable bonds is 6. The van der Waals surface area contributed by atoms with Crippen LogP contribution in [0, 0.1) is 5.82 Å². The summed E-state index contributed by atoms with van der Waals surface area (Å²) in [6.45, 7) is 2.09. The fourth-order valence-electron chi connectivity index (χ4n) is 3.27. The predicted octanol–water partition coefficient (Wildman–Crippen LogP) is 5.47. The van der Waals surface area contributed by atoms with Crippen LogP contribution >= 0.6 is 11.8 Å². The van der Waals surface area contributed by atoms with E-state index in [1.165, 1.54) is 28.5 Å². The van der Waals surface area contributed by atoms with Gasteiger partial charge in [-0.3, -0.25) is 9.47 Å². The summed E-state index contributed by atoms with van der Waals surface area (Å²) >= 11 is 1.64. The van der Waals surface area contributed by atoms with Gasteiger partial charge in [0.15, 0.2) is 11.0 Å². The van der Waals surface area contributed by atoms with Gasteiger partial charge in [-0.2, -0.15) is 0 Å². The lowest BCUT2D eigenvalue weighted by molar-refractivity contribution is 0.305. The Morgan fingerprint density at radius 3 is 2.45 bits per heavy atom. The Balaban J connectivity index is 1.71.